The van der Waals surface area contributed by atoms with E-state index >= 15 is 0 Å². The van der Waals surface area contributed by atoms with Gasteiger partial charge in [0.25, 0.3) is 10.0 Å². The molecule has 0 spiro atoms. The summed E-state index contributed by atoms with van der Waals surface area (Å²) in [5, 5.41) is 19.6. The monoisotopic (exact) mass is 251 g/mol. The Morgan fingerprint density at radius 1 is 1.47 bits per heavy atom. The maximum absolute atomic E-state index is 11.7. The molecule has 0 saturated heterocycles. The molecule has 1 aromatic rings. The number of nitrogens with one attached hydrogen (secondary N) is 1. The zero-order valence-corrected chi connectivity index (χ0v) is 9.81. The first-order valence-corrected chi connectivity index (χ1v) is 6.59. The zero-order valence-electron chi connectivity index (χ0n) is 8.17. The van der Waals surface area contributed by atoms with Crippen LogP contribution in [0.1, 0.15) is 6.92 Å². The third-order valence-electron chi connectivity index (χ3n) is 1.84. The molecule has 0 aliphatic carbocycles. The molecule has 0 amide bonds. The van der Waals surface area contributed by atoms with Crippen molar-refractivity contribution in [2.75, 3.05) is 13.2 Å². The van der Waals surface area contributed by atoms with Gasteiger partial charge < -0.3 is 10.2 Å². The minimum absolute atomic E-state index is 0.163. The summed E-state index contributed by atoms with van der Waals surface area (Å²) in [5.74, 6) is 0. The molecule has 5 nitrogen and oxygen atoms in total. The summed E-state index contributed by atoms with van der Waals surface area (Å²) in [6.45, 7) is 0.500. The van der Waals surface area contributed by atoms with Gasteiger partial charge in [-0.2, -0.15) is 4.72 Å². The van der Waals surface area contributed by atoms with Crippen molar-refractivity contribution in [3.05, 3.63) is 17.5 Å². The van der Waals surface area contributed by atoms with Gasteiger partial charge in [-0.3, -0.25) is 0 Å². The molecule has 0 aliphatic heterocycles. The summed E-state index contributed by atoms with van der Waals surface area (Å²) in [6, 6.07) is 3.08. The molecule has 7 heteroatoms. The van der Waals surface area contributed by atoms with Crippen molar-refractivity contribution in [1.82, 2.24) is 4.72 Å². The van der Waals surface area contributed by atoms with E-state index in [9.17, 15) is 8.42 Å². The van der Waals surface area contributed by atoms with Crippen LogP contribution >= 0.6 is 11.3 Å². The molecule has 1 rings (SSSR count). The average Bonchev–Trinajstić information content (AvgIpc) is 2.70. The lowest BCUT2D eigenvalue weighted by atomic mass is 10.1. The van der Waals surface area contributed by atoms with Crippen LogP contribution in [-0.4, -0.2) is 37.4 Å². The maximum Gasteiger partial charge on any atom is 0.250 e. The Morgan fingerprint density at radius 3 is 2.47 bits per heavy atom. The fourth-order valence-electron chi connectivity index (χ4n) is 0.906. The molecular weight excluding hydrogens is 238 g/mol. The van der Waals surface area contributed by atoms with Gasteiger partial charge in [0.05, 0.1) is 18.8 Å². The van der Waals surface area contributed by atoms with Gasteiger partial charge in [-0.25, -0.2) is 8.42 Å². The van der Waals surface area contributed by atoms with Crippen LogP contribution in [0, 0.1) is 0 Å². The number of sulfonamides is 1. The third kappa shape index (κ3) is 2.99. The van der Waals surface area contributed by atoms with Crippen molar-refractivity contribution in [3.63, 3.8) is 0 Å². The van der Waals surface area contributed by atoms with Crippen LogP contribution in [-0.2, 0) is 10.0 Å². The van der Waals surface area contributed by atoms with E-state index < -0.39 is 28.8 Å². The molecule has 0 fully saturated rings. The Hall–Kier alpha value is -0.470. The first kappa shape index (κ1) is 12.6. The smallest absolute Gasteiger partial charge is 0.250 e. The molecule has 1 heterocycles. The van der Waals surface area contributed by atoms with Crippen LogP contribution in [0.2, 0.25) is 0 Å². The Balaban J connectivity index is 2.91. The molecule has 86 valence electrons. The second kappa shape index (κ2) is 4.58. The molecule has 3 N–H and O–H groups in total. The lowest BCUT2D eigenvalue weighted by Crippen LogP contribution is -2.51. The second-order valence-corrected chi connectivity index (χ2v) is 6.27. The fourth-order valence-corrected chi connectivity index (χ4v) is 3.29. The number of thiophene rings is 1. The predicted molar refractivity (Wildman–Crippen MR) is 57.2 cm³/mol. The van der Waals surface area contributed by atoms with Crippen LogP contribution in [0.4, 0.5) is 0 Å². The predicted octanol–water partition coefficient (Wildman–Crippen LogP) is -0.230. The highest BCUT2D eigenvalue weighted by molar-refractivity contribution is 7.91. The highest BCUT2D eigenvalue weighted by Crippen LogP contribution is 2.17. The molecule has 0 aliphatic rings. The van der Waals surface area contributed by atoms with Crippen LogP contribution in [0.5, 0.6) is 0 Å². The van der Waals surface area contributed by atoms with Crippen LogP contribution < -0.4 is 4.72 Å². The van der Waals surface area contributed by atoms with E-state index in [-0.39, 0.29) is 4.21 Å². The van der Waals surface area contributed by atoms with Gasteiger partial charge in [-0.15, -0.1) is 11.3 Å². The SMILES string of the molecule is CC(CO)(CO)NS(=O)(=O)c1cccs1. The van der Waals surface area contributed by atoms with Crippen molar-refractivity contribution >= 4 is 21.4 Å². The lowest BCUT2D eigenvalue weighted by molar-refractivity contribution is 0.122. The van der Waals surface area contributed by atoms with Gasteiger partial charge in [-0.05, 0) is 18.4 Å². The fraction of sp³-hybridized carbons (Fsp3) is 0.500. The molecule has 0 saturated carbocycles. The van der Waals surface area contributed by atoms with E-state index in [1.807, 2.05) is 0 Å². The van der Waals surface area contributed by atoms with Crippen LogP contribution in [0.3, 0.4) is 0 Å². The summed E-state index contributed by atoms with van der Waals surface area (Å²) < 4.78 is 25.8. The van der Waals surface area contributed by atoms with Gasteiger partial charge in [0.2, 0.25) is 0 Å². The Kier molecular flexibility index (Phi) is 3.85. The molecule has 0 aromatic carbocycles. The Morgan fingerprint density at radius 2 is 2.07 bits per heavy atom. The van der Waals surface area contributed by atoms with Crippen LogP contribution in [0.25, 0.3) is 0 Å². The van der Waals surface area contributed by atoms with Crippen molar-refractivity contribution < 1.29 is 18.6 Å². The maximum atomic E-state index is 11.7. The van der Waals surface area contributed by atoms with E-state index in [2.05, 4.69) is 4.72 Å². The van der Waals surface area contributed by atoms with E-state index in [0.29, 0.717) is 0 Å². The number of aliphatic hydroxyl groups is 2. The van der Waals surface area contributed by atoms with E-state index in [4.69, 9.17) is 10.2 Å². The first-order chi connectivity index (χ1) is 6.93. The minimum Gasteiger partial charge on any atom is -0.394 e. The Bertz CT molecular complexity index is 394. The van der Waals surface area contributed by atoms with Gasteiger partial charge in [0, 0.05) is 0 Å². The number of hydrogen-bond acceptors (Lipinski definition) is 5. The highest BCUT2D eigenvalue weighted by Gasteiger charge is 2.29. The highest BCUT2D eigenvalue weighted by atomic mass is 32.2. The molecular formula is C8H13NO4S2. The third-order valence-corrected chi connectivity index (χ3v) is 4.87. The zero-order chi connectivity index (χ0) is 11.5. The van der Waals surface area contributed by atoms with Gasteiger partial charge >= 0.3 is 0 Å². The molecule has 0 atom stereocenters. The standard InChI is InChI=1S/C8H13NO4S2/c1-8(5-10,6-11)9-15(12,13)7-3-2-4-14-7/h2-4,9-11H,5-6H2,1H3. The summed E-state index contributed by atoms with van der Waals surface area (Å²) in [4.78, 5) is 0. The summed E-state index contributed by atoms with van der Waals surface area (Å²) in [5.41, 5.74) is -1.23. The molecule has 15 heavy (non-hydrogen) atoms. The van der Waals surface area contributed by atoms with Gasteiger partial charge in [-0.1, -0.05) is 6.07 Å². The van der Waals surface area contributed by atoms with Crippen molar-refractivity contribution in [2.45, 2.75) is 16.7 Å². The largest absolute Gasteiger partial charge is 0.394 e. The quantitative estimate of drug-likeness (QED) is 0.674. The second-order valence-electron chi connectivity index (χ2n) is 3.41. The van der Waals surface area contributed by atoms with Crippen molar-refractivity contribution in [2.24, 2.45) is 0 Å². The molecule has 0 bridgehead atoms. The summed E-state index contributed by atoms with van der Waals surface area (Å²) >= 11 is 1.08. The molecule has 0 unspecified atom stereocenters. The van der Waals surface area contributed by atoms with E-state index in [1.54, 1.807) is 11.4 Å². The number of aliphatic hydroxyl groups excluding tert-OH is 2. The summed E-state index contributed by atoms with van der Waals surface area (Å²) in [6.07, 6.45) is 0. The first-order valence-electron chi connectivity index (χ1n) is 4.23. The topological polar surface area (TPSA) is 86.6 Å². The normalized spacial score (nSPS) is 13.0. The van der Waals surface area contributed by atoms with Gasteiger partial charge in [0.15, 0.2) is 0 Å². The van der Waals surface area contributed by atoms with E-state index in [0.717, 1.165) is 11.3 Å². The minimum atomic E-state index is -3.65. The average molecular weight is 251 g/mol. The van der Waals surface area contributed by atoms with Crippen LogP contribution in [0.15, 0.2) is 21.7 Å². The van der Waals surface area contributed by atoms with Gasteiger partial charge in [0.1, 0.15) is 4.21 Å². The molecule has 0 radical (unpaired) electrons. The lowest BCUT2D eigenvalue weighted by Gasteiger charge is -2.25. The number of rotatable bonds is 5. The van der Waals surface area contributed by atoms with Crippen molar-refractivity contribution in [1.29, 1.82) is 0 Å². The summed E-state index contributed by atoms with van der Waals surface area (Å²) in [7, 11) is -3.65. The number of hydrogen-bond donors (Lipinski definition) is 3. The Labute approximate surface area is 92.4 Å². The van der Waals surface area contributed by atoms with Crippen molar-refractivity contribution in [3.8, 4) is 0 Å². The molecule has 1 aromatic heterocycles. The van der Waals surface area contributed by atoms with E-state index in [1.165, 1.54) is 13.0 Å².